The number of rotatable bonds is 5. The minimum Gasteiger partial charge on any atom is -0.497 e. The Morgan fingerprint density at radius 1 is 1.16 bits per heavy atom. The van der Waals surface area contributed by atoms with Crippen LogP contribution in [0.5, 0.6) is 5.75 Å². The Morgan fingerprint density at radius 2 is 1.76 bits per heavy atom. The zero-order valence-electron chi connectivity index (χ0n) is 16.1. The lowest BCUT2D eigenvalue weighted by molar-refractivity contribution is -0.155. The Bertz CT molecular complexity index is 634. The average Bonchev–Trinajstić information content (AvgIpc) is 2.53. The van der Waals surface area contributed by atoms with E-state index in [1.54, 1.807) is 7.11 Å². The summed E-state index contributed by atoms with van der Waals surface area (Å²) >= 11 is 0. The third-order valence-corrected chi connectivity index (χ3v) is 9.69. The molecule has 1 fully saturated rings. The van der Waals surface area contributed by atoms with Crippen LogP contribution in [0.3, 0.4) is 0 Å². The van der Waals surface area contributed by atoms with Gasteiger partial charge < -0.3 is 9.16 Å². The van der Waals surface area contributed by atoms with Crippen LogP contribution in [0.25, 0.3) is 0 Å². The van der Waals surface area contributed by atoms with Crippen molar-refractivity contribution in [2.45, 2.75) is 64.4 Å². The van der Waals surface area contributed by atoms with E-state index in [0.29, 0.717) is 12.8 Å². The predicted octanol–water partition coefficient (Wildman–Crippen LogP) is 3.73. The molecule has 1 heterocycles. The first-order valence-corrected chi connectivity index (χ1v) is 11.6. The number of benzene rings is 1. The summed E-state index contributed by atoms with van der Waals surface area (Å²) in [5.74, 6) is 0.409. The highest BCUT2D eigenvalue weighted by atomic mass is 28.4. The van der Waals surface area contributed by atoms with Crippen molar-refractivity contribution in [2.75, 3.05) is 7.11 Å². The summed E-state index contributed by atoms with van der Waals surface area (Å²) in [4.78, 5) is 26.5. The molecule has 5 nitrogen and oxygen atoms in total. The molecule has 0 aromatic heterocycles. The second-order valence-corrected chi connectivity index (χ2v) is 12.8. The highest BCUT2D eigenvalue weighted by Crippen LogP contribution is 2.38. The standard InChI is InChI=1S/C19H29NO4Si/c1-19(2,3)25(5,6)24-16-11-12-17(21)20(18(16)22)13-14-7-9-15(23-4)10-8-14/h7-10,16H,11-13H2,1-6H3/t16-/m0/s1. The largest absolute Gasteiger partial charge is 0.497 e. The molecule has 0 radical (unpaired) electrons. The minimum atomic E-state index is -2.07. The maximum Gasteiger partial charge on any atom is 0.257 e. The third-order valence-electron chi connectivity index (χ3n) is 5.21. The lowest BCUT2D eigenvalue weighted by Crippen LogP contribution is -2.53. The van der Waals surface area contributed by atoms with Gasteiger partial charge in [0.25, 0.3) is 5.91 Å². The molecule has 2 amide bonds. The van der Waals surface area contributed by atoms with Gasteiger partial charge in [-0.1, -0.05) is 32.9 Å². The van der Waals surface area contributed by atoms with E-state index in [-0.39, 0.29) is 23.4 Å². The Kier molecular flexibility index (Phi) is 5.74. The predicted molar refractivity (Wildman–Crippen MR) is 99.9 cm³/mol. The molecular weight excluding hydrogens is 334 g/mol. The molecule has 25 heavy (non-hydrogen) atoms. The van der Waals surface area contributed by atoms with Gasteiger partial charge in [-0.25, -0.2) is 0 Å². The first-order chi connectivity index (χ1) is 11.5. The van der Waals surface area contributed by atoms with Crippen molar-refractivity contribution < 1.29 is 18.8 Å². The number of piperidine rings is 1. The molecule has 1 aromatic carbocycles. The summed E-state index contributed by atoms with van der Waals surface area (Å²) in [5.41, 5.74) is 0.899. The molecule has 0 aliphatic carbocycles. The number of ether oxygens (including phenoxy) is 1. The maximum atomic E-state index is 12.8. The van der Waals surface area contributed by atoms with Crippen LogP contribution >= 0.6 is 0 Å². The van der Waals surface area contributed by atoms with Gasteiger partial charge in [0.15, 0.2) is 8.32 Å². The van der Waals surface area contributed by atoms with E-state index >= 15 is 0 Å². The Morgan fingerprint density at radius 3 is 2.28 bits per heavy atom. The molecule has 0 saturated carbocycles. The molecule has 2 rings (SSSR count). The van der Waals surface area contributed by atoms with Crippen LogP contribution in [0.2, 0.25) is 18.1 Å². The number of amides is 2. The fourth-order valence-corrected chi connectivity index (χ4v) is 3.81. The van der Waals surface area contributed by atoms with Crippen molar-refractivity contribution in [3.8, 4) is 5.75 Å². The molecule has 1 saturated heterocycles. The molecule has 1 aromatic rings. The quantitative estimate of drug-likeness (QED) is 0.591. The molecule has 1 aliphatic rings. The van der Waals surface area contributed by atoms with Gasteiger partial charge in [0.2, 0.25) is 5.91 Å². The lowest BCUT2D eigenvalue weighted by Gasteiger charge is -2.41. The summed E-state index contributed by atoms with van der Waals surface area (Å²) < 4.78 is 11.4. The van der Waals surface area contributed by atoms with Gasteiger partial charge in [-0.05, 0) is 42.2 Å². The summed E-state index contributed by atoms with van der Waals surface area (Å²) in [6.45, 7) is 11.0. The minimum absolute atomic E-state index is 0.0234. The van der Waals surface area contributed by atoms with Gasteiger partial charge >= 0.3 is 0 Å². The highest BCUT2D eigenvalue weighted by molar-refractivity contribution is 6.74. The summed E-state index contributed by atoms with van der Waals surface area (Å²) in [6.07, 6.45) is 0.307. The van der Waals surface area contributed by atoms with Crippen molar-refractivity contribution in [1.82, 2.24) is 4.90 Å². The van der Waals surface area contributed by atoms with E-state index < -0.39 is 14.4 Å². The van der Waals surface area contributed by atoms with Crippen LogP contribution in [-0.4, -0.2) is 38.2 Å². The van der Waals surface area contributed by atoms with Crippen LogP contribution in [0, 0.1) is 0 Å². The normalized spacial score (nSPS) is 19.3. The van der Waals surface area contributed by atoms with E-state index in [1.807, 2.05) is 24.3 Å². The fourth-order valence-electron chi connectivity index (χ4n) is 2.53. The topological polar surface area (TPSA) is 55.8 Å². The molecular formula is C19H29NO4Si. The van der Waals surface area contributed by atoms with E-state index in [0.717, 1.165) is 11.3 Å². The SMILES string of the molecule is COc1ccc(CN2C(=O)CC[C@H](O[Si](C)(C)C(C)(C)C)C2=O)cc1. The van der Waals surface area contributed by atoms with Crippen LogP contribution in [0.1, 0.15) is 39.2 Å². The molecule has 0 bridgehead atoms. The molecule has 0 unspecified atom stereocenters. The number of carbonyl (C=O) groups is 2. The Labute approximate surface area is 151 Å². The average molecular weight is 364 g/mol. The molecule has 1 aliphatic heterocycles. The van der Waals surface area contributed by atoms with Crippen molar-refractivity contribution in [1.29, 1.82) is 0 Å². The number of hydrogen-bond acceptors (Lipinski definition) is 4. The summed E-state index contributed by atoms with van der Waals surface area (Å²) in [5, 5.41) is 0.0234. The number of carbonyl (C=O) groups excluding carboxylic acids is 2. The van der Waals surface area contributed by atoms with E-state index in [9.17, 15) is 9.59 Å². The van der Waals surface area contributed by atoms with Gasteiger partial charge in [-0.15, -0.1) is 0 Å². The first kappa shape index (κ1) is 19.7. The monoisotopic (exact) mass is 363 g/mol. The van der Waals surface area contributed by atoms with Gasteiger partial charge in [0, 0.05) is 6.42 Å². The van der Waals surface area contributed by atoms with Crippen LogP contribution in [-0.2, 0) is 20.6 Å². The van der Waals surface area contributed by atoms with E-state index in [1.165, 1.54) is 4.90 Å². The van der Waals surface area contributed by atoms with Crippen LogP contribution < -0.4 is 4.74 Å². The fraction of sp³-hybridized carbons (Fsp3) is 0.579. The first-order valence-electron chi connectivity index (χ1n) is 8.70. The molecule has 1 atom stereocenters. The second-order valence-electron chi connectivity index (χ2n) is 8.07. The molecule has 0 N–H and O–H groups in total. The smallest absolute Gasteiger partial charge is 0.257 e. The van der Waals surface area contributed by atoms with Crippen molar-refractivity contribution >= 4 is 20.1 Å². The third kappa shape index (κ3) is 4.49. The van der Waals surface area contributed by atoms with Gasteiger partial charge in [0.1, 0.15) is 11.9 Å². The zero-order chi connectivity index (χ0) is 18.8. The number of nitrogens with zero attached hydrogens (tertiary/aromatic N) is 1. The lowest BCUT2D eigenvalue weighted by atomic mass is 10.1. The molecule has 0 spiro atoms. The number of hydrogen-bond donors (Lipinski definition) is 0. The molecule has 138 valence electrons. The maximum absolute atomic E-state index is 12.8. The van der Waals surface area contributed by atoms with Gasteiger partial charge in [0.05, 0.1) is 13.7 Å². The Balaban J connectivity index is 2.12. The summed E-state index contributed by atoms with van der Waals surface area (Å²) in [7, 11) is -0.459. The van der Waals surface area contributed by atoms with Gasteiger partial charge in [-0.3, -0.25) is 14.5 Å². The van der Waals surface area contributed by atoms with E-state index in [2.05, 4.69) is 33.9 Å². The van der Waals surface area contributed by atoms with Gasteiger partial charge in [-0.2, -0.15) is 0 Å². The van der Waals surface area contributed by atoms with E-state index in [4.69, 9.17) is 9.16 Å². The second kappa shape index (κ2) is 7.29. The van der Waals surface area contributed by atoms with Crippen LogP contribution in [0.4, 0.5) is 0 Å². The number of imide groups is 1. The number of methoxy groups -OCH3 is 1. The number of likely N-dealkylation sites (tertiary alicyclic amines) is 1. The van der Waals surface area contributed by atoms with Crippen molar-refractivity contribution in [3.05, 3.63) is 29.8 Å². The Hall–Kier alpha value is -1.66. The zero-order valence-corrected chi connectivity index (χ0v) is 17.1. The van der Waals surface area contributed by atoms with Crippen molar-refractivity contribution in [3.63, 3.8) is 0 Å². The highest BCUT2D eigenvalue weighted by Gasteiger charge is 2.43. The van der Waals surface area contributed by atoms with Crippen molar-refractivity contribution in [2.24, 2.45) is 0 Å². The molecule has 6 heteroatoms. The van der Waals surface area contributed by atoms with Crippen LogP contribution in [0.15, 0.2) is 24.3 Å². The summed E-state index contributed by atoms with van der Waals surface area (Å²) in [6, 6.07) is 7.41.